The number of hydrogen-bond donors (Lipinski definition) is 1. The fraction of sp³-hybridized carbons (Fsp3) is 0.294. The fourth-order valence-corrected chi connectivity index (χ4v) is 2.69. The Balaban J connectivity index is 1.90. The summed E-state index contributed by atoms with van der Waals surface area (Å²) in [5, 5.41) is 3.50. The van der Waals surface area contributed by atoms with E-state index in [4.69, 9.17) is 0 Å². The van der Waals surface area contributed by atoms with Gasteiger partial charge in [-0.3, -0.25) is 0 Å². The highest BCUT2D eigenvalue weighted by Crippen LogP contribution is 2.25. The number of rotatable bonds is 2. The molecule has 0 saturated heterocycles. The smallest absolute Gasteiger partial charge is 0.0430 e. The second-order valence-corrected chi connectivity index (χ2v) is 5.22. The quantitative estimate of drug-likeness (QED) is 0.883. The second-order valence-electron chi connectivity index (χ2n) is 5.22. The molecule has 98 valence electrons. The molecule has 0 amide bonds. The maximum Gasteiger partial charge on any atom is 0.0430 e. The summed E-state index contributed by atoms with van der Waals surface area (Å²) in [6.07, 6.45) is 0. The minimum Gasteiger partial charge on any atom is -0.366 e. The summed E-state index contributed by atoms with van der Waals surface area (Å²) >= 11 is 0. The Kier molecular flexibility index (Phi) is 3.51. The summed E-state index contributed by atoms with van der Waals surface area (Å²) in [4.78, 5) is 2.48. The number of nitrogens with one attached hydrogen (secondary N) is 1. The summed E-state index contributed by atoms with van der Waals surface area (Å²) in [6.45, 7) is 6.22. The third-order valence-electron chi connectivity index (χ3n) is 3.67. The molecule has 3 rings (SSSR count). The first-order valence-electron chi connectivity index (χ1n) is 6.92. The van der Waals surface area contributed by atoms with Crippen LogP contribution in [0.25, 0.3) is 0 Å². The van der Waals surface area contributed by atoms with Gasteiger partial charge < -0.3 is 10.2 Å². The first kappa shape index (κ1) is 12.2. The molecular weight excluding hydrogens is 232 g/mol. The molecule has 2 aromatic carbocycles. The van der Waals surface area contributed by atoms with E-state index in [1.54, 1.807) is 0 Å². The van der Waals surface area contributed by atoms with E-state index in [1.165, 1.54) is 22.4 Å². The molecule has 0 radical (unpaired) electrons. The SMILES string of the molecule is Cc1ccc2c(c1)CNCCN2Cc1ccccc1. The Bertz CT molecular complexity index is 548. The standard InChI is InChI=1S/C17H20N2/c1-14-7-8-17-16(11-14)12-18-9-10-19(17)13-15-5-3-2-4-6-15/h2-8,11,18H,9-10,12-13H2,1H3. The zero-order chi connectivity index (χ0) is 13.1. The molecule has 1 N–H and O–H groups in total. The zero-order valence-electron chi connectivity index (χ0n) is 11.4. The van der Waals surface area contributed by atoms with Gasteiger partial charge in [-0.15, -0.1) is 0 Å². The molecule has 0 atom stereocenters. The van der Waals surface area contributed by atoms with Crippen LogP contribution >= 0.6 is 0 Å². The Labute approximate surface area is 115 Å². The number of hydrogen-bond acceptors (Lipinski definition) is 2. The Hall–Kier alpha value is -1.80. The predicted octanol–water partition coefficient (Wildman–Crippen LogP) is 3.10. The number of benzene rings is 2. The highest BCUT2D eigenvalue weighted by atomic mass is 15.2. The second kappa shape index (κ2) is 5.45. The third kappa shape index (κ3) is 2.79. The van der Waals surface area contributed by atoms with Gasteiger partial charge in [0.2, 0.25) is 0 Å². The molecule has 0 saturated carbocycles. The lowest BCUT2D eigenvalue weighted by Crippen LogP contribution is -2.28. The molecule has 1 aliphatic rings. The highest BCUT2D eigenvalue weighted by Gasteiger charge is 2.14. The summed E-state index contributed by atoms with van der Waals surface area (Å²) in [6, 6.07) is 17.5. The number of nitrogens with zero attached hydrogens (tertiary/aromatic N) is 1. The van der Waals surface area contributed by atoms with E-state index < -0.39 is 0 Å². The van der Waals surface area contributed by atoms with Crippen molar-refractivity contribution < 1.29 is 0 Å². The average molecular weight is 252 g/mol. The highest BCUT2D eigenvalue weighted by molar-refractivity contribution is 5.56. The molecule has 0 aromatic heterocycles. The van der Waals surface area contributed by atoms with E-state index in [0.29, 0.717) is 0 Å². The Morgan fingerprint density at radius 3 is 2.79 bits per heavy atom. The maximum atomic E-state index is 3.50. The van der Waals surface area contributed by atoms with Gasteiger partial charge in [0.25, 0.3) is 0 Å². The molecule has 2 heteroatoms. The molecule has 1 heterocycles. The van der Waals surface area contributed by atoms with Crippen molar-refractivity contribution in [1.29, 1.82) is 0 Å². The fourth-order valence-electron chi connectivity index (χ4n) is 2.69. The lowest BCUT2D eigenvalue weighted by Gasteiger charge is -2.25. The van der Waals surface area contributed by atoms with E-state index in [9.17, 15) is 0 Å². The maximum absolute atomic E-state index is 3.50. The molecule has 2 nitrogen and oxygen atoms in total. The van der Waals surface area contributed by atoms with Crippen LogP contribution in [0, 0.1) is 6.92 Å². The minimum atomic E-state index is 0.975. The van der Waals surface area contributed by atoms with Gasteiger partial charge in [-0.25, -0.2) is 0 Å². The van der Waals surface area contributed by atoms with Crippen molar-refractivity contribution in [2.45, 2.75) is 20.0 Å². The van der Waals surface area contributed by atoms with Crippen LogP contribution in [0.4, 0.5) is 5.69 Å². The van der Waals surface area contributed by atoms with Crippen LogP contribution in [0.2, 0.25) is 0 Å². The van der Waals surface area contributed by atoms with Crippen LogP contribution in [0.15, 0.2) is 48.5 Å². The van der Waals surface area contributed by atoms with E-state index in [2.05, 4.69) is 65.7 Å². The van der Waals surface area contributed by atoms with Crippen molar-refractivity contribution in [3.05, 3.63) is 65.2 Å². The normalized spacial score (nSPS) is 14.9. The lowest BCUT2D eigenvalue weighted by molar-refractivity contribution is 0.688. The van der Waals surface area contributed by atoms with Crippen molar-refractivity contribution in [1.82, 2.24) is 5.32 Å². The predicted molar refractivity (Wildman–Crippen MR) is 80.4 cm³/mol. The average Bonchev–Trinajstić information content (AvgIpc) is 2.62. The minimum absolute atomic E-state index is 0.975. The summed E-state index contributed by atoms with van der Waals surface area (Å²) < 4.78 is 0. The van der Waals surface area contributed by atoms with Gasteiger partial charge in [0.1, 0.15) is 0 Å². The summed E-state index contributed by atoms with van der Waals surface area (Å²) in [5.41, 5.74) is 5.49. The van der Waals surface area contributed by atoms with Gasteiger partial charge in [0, 0.05) is 31.9 Å². The van der Waals surface area contributed by atoms with Crippen LogP contribution < -0.4 is 10.2 Å². The van der Waals surface area contributed by atoms with Gasteiger partial charge in [-0.2, -0.15) is 0 Å². The van der Waals surface area contributed by atoms with Gasteiger partial charge in [0.15, 0.2) is 0 Å². The van der Waals surface area contributed by atoms with Crippen LogP contribution in [0.3, 0.4) is 0 Å². The van der Waals surface area contributed by atoms with Crippen LogP contribution in [0.1, 0.15) is 16.7 Å². The van der Waals surface area contributed by atoms with Crippen LogP contribution in [0.5, 0.6) is 0 Å². The first-order valence-corrected chi connectivity index (χ1v) is 6.92. The van der Waals surface area contributed by atoms with Crippen LogP contribution in [-0.2, 0) is 13.1 Å². The van der Waals surface area contributed by atoms with Crippen molar-refractivity contribution in [3.63, 3.8) is 0 Å². The van der Waals surface area contributed by atoms with Gasteiger partial charge >= 0.3 is 0 Å². The molecule has 19 heavy (non-hydrogen) atoms. The molecule has 2 aromatic rings. The van der Waals surface area contributed by atoms with E-state index in [-0.39, 0.29) is 0 Å². The van der Waals surface area contributed by atoms with Crippen molar-refractivity contribution in [3.8, 4) is 0 Å². The first-order chi connectivity index (χ1) is 9.33. The Morgan fingerprint density at radius 1 is 1.11 bits per heavy atom. The van der Waals surface area contributed by atoms with E-state index in [1.807, 2.05) is 0 Å². The van der Waals surface area contributed by atoms with Gasteiger partial charge in [-0.1, -0.05) is 48.0 Å². The molecule has 0 aliphatic carbocycles. The topological polar surface area (TPSA) is 15.3 Å². The van der Waals surface area contributed by atoms with Crippen molar-refractivity contribution >= 4 is 5.69 Å². The molecule has 0 spiro atoms. The van der Waals surface area contributed by atoms with Crippen molar-refractivity contribution in [2.24, 2.45) is 0 Å². The number of aryl methyl sites for hydroxylation is 1. The Morgan fingerprint density at radius 2 is 1.95 bits per heavy atom. The summed E-state index contributed by atoms with van der Waals surface area (Å²) in [5.74, 6) is 0. The molecule has 0 unspecified atom stereocenters. The van der Waals surface area contributed by atoms with E-state index >= 15 is 0 Å². The monoisotopic (exact) mass is 252 g/mol. The molecule has 1 aliphatic heterocycles. The van der Waals surface area contributed by atoms with Gasteiger partial charge in [0.05, 0.1) is 0 Å². The van der Waals surface area contributed by atoms with Crippen LogP contribution in [-0.4, -0.2) is 13.1 Å². The molecule has 0 bridgehead atoms. The number of anilines is 1. The third-order valence-corrected chi connectivity index (χ3v) is 3.67. The molecule has 0 fully saturated rings. The lowest BCUT2D eigenvalue weighted by atomic mass is 10.1. The molecular formula is C17H20N2. The van der Waals surface area contributed by atoms with Crippen molar-refractivity contribution in [2.75, 3.05) is 18.0 Å². The summed E-state index contributed by atoms with van der Waals surface area (Å²) in [7, 11) is 0. The van der Waals surface area contributed by atoms with Gasteiger partial charge in [-0.05, 0) is 24.1 Å². The zero-order valence-corrected chi connectivity index (χ0v) is 11.4. The number of fused-ring (bicyclic) bond motifs is 1. The largest absolute Gasteiger partial charge is 0.366 e. The van der Waals surface area contributed by atoms with E-state index in [0.717, 1.165) is 26.2 Å².